The van der Waals surface area contributed by atoms with Gasteiger partial charge in [0.1, 0.15) is 11.6 Å². The Morgan fingerprint density at radius 2 is 2.04 bits per heavy atom. The number of amides is 1. The Hall–Kier alpha value is -3.15. The maximum absolute atomic E-state index is 12.9. The average Bonchev–Trinajstić information content (AvgIpc) is 3.28. The first-order chi connectivity index (χ1) is 12.6. The van der Waals surface area contributed by atoms with Gasteiger partial charge in [-0.15, -0.1) is 0 Å². The fraction of sp³-hybridized carbons (Fsp3) is 0.250. The molecule has 2 aromatic heterocycles. The van der Waals surface area contributed by atoms with E-state index in [1.165, 1.54) is 5.56 Å². The summed E-state index contributed by atoms with van der Waals surface area (Å²) in [7, 11) is 3.94. The SMILES string of the molecule is CN(Cc1nccn1C)c1ccc(C(=O)N2CCc3ccccc32)cn1. The molecule has 0 aliphatic carbocycles. The predicted molar refractivity (Wildman–Crippen MR) is 101 cm³/mol. The third-order valence-corrected chi connectivity index (χ3v) is 4.82. The fourth-order valence-electron chi connectivity index (χ4n) is 3.29. The van der Waals surface area contributed by atoms with Crippen molar-refractivity contribution in [1.29, 1.82) is 0 Å². The van der Waals surface area contributed by atoms with Gasteiger partial charge in [-0.3, -0.25) is 4.79 Å². The van der Waals surface area contributed by atoms with Gasteiger partial charge in [0.25, 0.3) is 5.91 Å². The molecule has 0 saturated carbocycles. The second-order valence-electron chi connectivity index (χ2n) is 6.55. The minimum Gasteiger partial charge on any atom is -0.352 e. The van der Waals surface area contributed by atoms with Crippen molar-refractivity contribution in [1.82, 2.24) is 14.5 Å². The molecule has 1 aliphatic heterocycles. The molecule has 0 bridgehead atoms. The van der Waals surface area contributed by atoms with Gasteiger partial charge in [0.05, 0.1) is 12.1 Å². The first kappa shape index (κ1) is 16.3. The zero-order valence-corrected chi connectivity index (χ0v) is 15.0. The van der Waals surface area contributed by atoms with E-state index in [1.807, 2.05) is 65.0 Å². The lowest BCUT2D eigenvalue weighted by Gasteiger charge is -2.19. The summed E-state index contributed by atoms with van der Waals surface area (Å²) in [4.78, 5) is 25.5. The van der Waals surface area contributed by atoms with Crippen molar-refractivity contribution in [2.45, 2.75) is 13.0 Å². The second kappa shape index (κ2) is 6.63. The lowest BCUT2D eigenvalue weighted by atomic mass is 10.2. The minimum atomic E-state index is 0.000698. The van der Waals surface area contributed by atoms with E-state index in [2.05, 4.69) is 16.0 Å². The highest BCUT2D eigenvalue weighted by Crippen LogP contribution is 2.28. The highest BCUT2D eigenvalue weighted by Gasteiger charge is 2.25. The molecule has 3 heterocycles. The molecule has 3 aromatic rings. The van der Waals surface area contributed by atoms with Crippen molar-refractivity contribution >= 4 is 17.4 Å². The molecule has 1 aromatic carbocycles. The Morgan fingerprint density at radius 3 is 2.77 bits per heavy atom. The number of aryl methyl sites for hydroxylation is 1. The summed E-state index contributed by atoms with van der Waals surface area (Å²) in [6.07, 6.45) is 6.27. The third kappa shape index (κ3) is 2.94. The number of aromatic nitrogens is 3. The molecule has 0 unspecified atom stereocenters. The first-order valence-electron chi connectivity index (χ1n) is 8.66. The summed E-state index contributed by atoms with van der Waals surface area (Å²) < 4.78 is 1.99. The number of imidazole rings is 1. The largest absolute Gasteiger partial charge is 0.352 e. The Kier molecular flexibility index (Phi) is 4.16. The Morgan fingerprint density at radius 1 is 1.19 bits per heavy atom. The van der Waals surface area contributed by atoms with Crippen LogP contribution in [-0.4, -0.2) is 34.0 Å². The molecule has 0 N–H and O–H groups in total. The number of hydrogen-bond acceptors (Lipinski definition) is 4. The molecular formula is C20H21N5O. The zero-order valence-electron chi connectivity index (χ0n) is 15.0. The predicted octanol–water partition coefficient (Wildman–Crippen LogP) is 2.65. The number of carbonyl (C=O) groups excluding carboxylic acids is 1. The van der Waals surface area contributed by atoms with Crippen LogP contribution >= 0.6 is 0 Å². The summed E-state index contributed by atoms with van der Waals surface area (Å²) >= 11 is 0. The normalized spacial score (nSPS) is 12.9. The molecule has 6 heteroatoms. The lowest BCUT2D eigenvalue weighted by Crippen LogP contribution is -2.29. The van der Waals surface area contributed by atoms with Crippen LogP contribution in [0.2, 0.25) is 0 Å². The van der Waals surface area contributed by atoms with Crippen LogP contribution in [0.3, 0.4) is 0 Å². The topological polar surface area (TPSA) is 54.3 Å². The van der Waals surface area contributed by atoms with Crippen LogP contribution in [0.25, 0.3) is 0 Å². The number of hydrogen-bond donors (Lipinski definition) is 0. The number of nitrogens with zero attached hydrogens (tertiary/aromatic N) is 5. The van der Waals surface area contributed by atoms with Crippen molar-refractivity contribution in [2.24, 2.45) is 7.05 Å². The maximum Gasteiger partial charge on any atom is 0.259 e. The van der Waals surface area contributed by atoms with Crippen molar-refractivity contribution in [3.05, 3.63) is 71.9 Å². The van der Waals surface area contributed by atoms with E-state index in [4.69, 9.17) is 0 Å². The van der Waals surface area contributed by atoms with E-state index in [1.54, 1.807) is 12.4 Å². The van der Waals surface area contributed by atoms with E-state index < -0.39 is 0 Å². The molecule has 0 radical (unpaired) electrons. The van der Waals surface area contributed by atoms with Crippen LogP contribution in [0.15, 0.2) is 55.0 Å². The Balaban J connectivity index is 1.49. The molecule has 0 saturated heterocycles. The van der Waals surface area contributed by atoms with E-state index in [0.717, 1.165) is 30.3 Å². The number of carbonyl (C=O) groups is 1. The van der Waals surface area contributed by atoms with Gasteiger partial charge in [0.15, 0.2) is 0 Å². The van der Waals surface area contributed by atoms with Crippen molar-refractivity contribution in [2.75, 3.05) is 23.4 Å². The average molecular weight is 347 g/mol. The van der Waals surface area contributed by atoms with E-state index >= 15 is 0 Å². The summed E-state index contributed by atoms with van der Waals surface area (Å²) in [5.74, 6) is 1.77. The Labute approximate surface area is 152 Å². The standard InChI is InChI=1S/C20H21N5O/c1-23-12-10-21-19(23)14-24(2)18-8-7-16(13-22-18)20(26)25-11-9-15-5-3-4-6-17(15)25/h3-8,10,12-13H,9,11,14H2,1-2H3. The molecule has 132 valence electrons. The molecule has 4 rings (SSSR count). The highest BCUT2D eigenvalue weighted by atomic mass is 16.2. The van der Waals surface area contributed by atoms with Gasteiger partial charge in [-0.05, 0) is 30.2 Å². The molecule has 0 spiro atoms. The molecule has 0 fully saturated rings. The van der Waals surface area contributed by atoms with Crippen LogP contribution in [0, 0.1) is 0 Å². The van der Waals surface area contributed by atoms with Gasteiger partial charge in [0.2, 0.25) is 0 Å². The second-order valence-corrected chi connectivity index (χ2v) is 6.55. The number of para-hydroxylation sites is 1. The molecule has 1 aliphatic rings. The van der Waals surface area contributed by atoms with Crippen LogP contribution in [-0.2, 0) is 20.0 Å². The fourth-order valence-corrected chi connectivity index (χ4v) is 3.29. The van der Waals surface area contributed by atoms with Crippen LogP contribution < -0.4 is 9.80 Å². The van der Waals surface area contributed by atoms with Crippen LogP contribution in [0.5, 0.6) is 0 Å². The van der Waals surface area contributed by atoms with Crippen molar-refractivity contribution in [3.63, 3.8) is 0 Å². The molecular weight excluding hydrogens is 326 g/mol. The highest BCUT2D eigenvalue weighted by molar-refractivity contribution is 6.07. The molecule has 6 nitrogen and oxygen atoms in total. The van der Waals surface area contributed by atoms with Gasteiger partial charge in [-0.2, -0.15) is 0 Å². The summed E-state index contributed by atoms with van der Waals surface area (Å²) in [5.41, 5.74) is 2.84. The van der Waals surface area contributed by atoms with Gasteiger partial charge >= 0.3 is 0 Å². The van der Waals surface area contributed by atoms with E-state index in [-0.39, 0.29) is 5.91 Å². The van der Waals surface area contributed by atoms with E-state index in [9.17, 15) is 4.79 Å². The van der Waals surface area contributed by atoms with Gasteiger partial charge in [0, 0.05) is 44.9 Å². The lowest BCUT2D eigenvalue weighted by molar-refractivity contribution is 0.0989. The van der Waals surface area contributed by atoms with Crippen LogP contribution in [0.4, 0.5) is 11.5 Å². The number of rotatable bonds is 4. The van der Waals surface area contributed by atoms with E-state index in [0.29, 0.717) is 12.1 Å². The van der Waals surface area contributed by atoms with Crippen molar-refractivity contribution < 1.29 is 4.79 Å². The number of pyridine rings is 1. The minimum absolute atomic E-state index is 0.000698. The quantitative estimate of drug-likeness (QED) is 0.728. The third-order valence-electron chi connectivity index (χ3n) is 4.82. The molecule has 0 atom stereocenters. The number of benzene rings is 1. The maximum atomic E-state index is 12.9. The summed E-state index contributed by atoms with van der Waals surface area (Å²) in [6, 6.07) is 11.8. The first-order valence-corrected chi connectivity index (χ1v) is 8.66. The van der Waals surface area contributed by atoms with Crippen LogP contribution in [0.1, 0.15) is 21.7 Å². The number of anilines is 2. The smallest absolute Gasteiger partial charge is 0.259 e. The molecule has 26 heavy (non-hydrogen) atoms. The molecule has 1 amide bonds. The van der Waals surface area contributed by atoms with Gasteiger partial charge < -0.3 is 14.4 Å². The monoisotopic (exact) mass is 347 g/mol. The zero-order chi connectivity index (χ0) is 18.1. The summed E-state index contributed by atoms with van der Waals surface area (Å²) in [6.45, 7) is 1.38. The van der Waals surface area contributed by atoms with Gasteiger partial charge in [-0.1, -0.05) is 18.2 Å². The van der Waals surface area contributed by atoms with Crippen molar-refractivity contribution in [3.8, 4) is 0 Å². The summed E-state index contributed by atoms with van der Waals surface area (Å²) in [5, 5.41) is 0. The van der Waals surface area contributed by atoms with Gasteiger partial charge in [-0.25, -0.2) is 9.97 Å². The Bertz CT molecular complexity index is 931. The number of fused-ring (bicyclic) bond motifs is 1.